The topological polar surface area (TPSA) is 82.4 Å². The molecule has 31 heavy (non-hydrogen) atoms. The number of methoxy groups -OCH3 is 2. The van der Waals surface area contributed by atoms with Crippen LogP contribution in [-0.4, -0.2) is 46.1 Å². The van der Waals surface area contributed by atoms with Crippen molar-refractivity contribution < 1.29 is 27.4 Å². The Bertz CT molecular complexity index is 1140. The van der Waals surface area contributed by atoms with Crippen LogP contribution in [0.3, 0.4) is 0 Å². The van der Waals surface area contributed by atoms with Gasteiger partial charge in [-0.1, -0.05) is 0 Å². The molecule has 0 atom stereocenters. The Morgan fingerprint density at radius 2 is 1.77 bits per heavy atom. The molecule has 0 aromatic carbocycles. The number of hydrogen-bond acceptors (Lipinski definition) is 6. The van der Waals surface area contributed by atoms with Crippen LogP contribution >= 0.6 is 0 Å². The highest BCUT2D eigenvalue weighted by atomic mass is 19.4. The van der Waals surface area contributed by atoms with E-state index in [9.17, 15) is 18.0 Å². The fourth-order valence-electron chi connectivity index (χ4n) is 3.46. The first-order valence-corrected chi connectivity index (χ1v) is 9.20. The van der Waals surface area contributed by atoms with E-state index in [4.69, 9.17) is 9.47 Å². The van der Waals surface area contributed by atoms with Crippen molar-refractivity contribution >= 4 is 11.6 Å². The number of fused-ring (bicyclic) bond motifs is 1. The van der Waals surface area contributed by atoms with Gasteiger partial charge in [-0.05, 0) is 18.6 Å². The van der Waals surface area contributed by atoms with Crippen LogP contribution in [-0.2, 0) is 13.1 Å². The van der Waals surface area contributed by atoms with Gasteiger partial charge in [-0.25, -0.2) is 0 Å². The fourth-order valence-corrected chi connectivity index (χ4v) is 3.46. The number of rotatable bonds is 5. The van der Waals surface area contributed by atoms with E-state index in [2.05, 4.69) is 15.1 Å². The lowest BCUT2D eigenvalue weighted by Crippen LogP contribution is -2.23. The van der Waals surface area contributed by atoms with E-state index in [-0.39, 0.29) is 18.1 Å². The summed E-state index contributed by atoms with van der Waals surface area (Å²) < 4.78 is 49.0. The van der Waals surface area contributed by atoms with E-state index in [0.29, 0.717) is 39.8 Å². The lowest BCUT2D eigenvalue weighted by atomic mass is 10.0. The quantitative estimate of drug-likeness (QED) is 0.614. The predicted octanol–water partition coefficient (Wildman–Crippen LogP) is 3.39. The van der Waals surface area contributed by atoms with E-state index in [1.807, 2.05) is 0 Å². The Hall–Kier alpha value is -3.63. The second kappa shape index (κ2) is 7.56. The molecule has 0 N–H and O–H groups in total. The molecule has 3 aromatic rings. The van der Waals surface area contributed by atoms with Crippen LogP contribution in [0.25, 0.3) is 11.3 Å². The minimum atomic E-state index is -4.40. The molecule has 1 aliphatic heterocycles. The lowest BCUT2D eigenvalue weighted by molar-refractivity contribution is -0.142. The number of aryl methyl sites for hydroxylation is 1. The van der Waals surface area contributed by atoms with Crippen LogP contribution in [0.4, 0.5) is 18.9 Å². The van der Waals surface area contributed by atoms with Crippen LogP contribution in [0, 0.1) is 6.92 Å². The molecular weight excluding hydrogens is 415 g/mol. The van der Waals surface area contributed by atoms with Gasteiger partial charge in [0.2, 0.25) is 11.8 Å². The van der Waals surface area contributed by atoms with Gasteiger partial charge in [0.1, 0.15) is 6.54 Å². The summed E-state index contributed by atoms with van der Waals surface area (Å²) in [5.74, 6) is 0.371. The molecule has 162 valence electrons. The van der Waals surface area contributed by atoms with Crippen molar-refractivity contribution in [2.75, 3.05) is 19.1 Å². The van der Waals surface area contributed by atoms with Crippen molar-refractivity contribution in [2.24, 2.45) is 0 Å². The number of aromatic nitrogens is 4. The number of alkyl halides is 3. The van der Waals surface area contributed by atoms with E-state index in [1.54, 1.807) is 25.1 Å². The number of hydrogen-bond donors (Lipinski definition) is 0. The molecule has 4 heterocycles. The fraction of sp³-hybridized carbons (Fsp3) is 0.300. The minimum Gasteiger partial charge on any atom is -0.481 e. The Morgan fingerprint density at radius 1 is 1.10 bits per heavy atom. The highest BCUT2D eigenvalue weighted by Gasteiger charge is 2.34. The summed E-state index contributed by atoms with van der Waals surface area (Å²) in [6.07, 6.45) is -1.96. The van der Waals surface area contributed by atoms with Crippen molar-refractivity contribution in [1.82, 2.24) is 19.7 Å². The Balaban J connectivity index is 1.67. The van der Waals surface area contributed by atoms with Gasteiger partial charge in [-0.3, -0.25) is 19.4 Å². The zero-order valence-corrected chi connectivity index (χ0v) is 16.9. The number of pyridine rings is 2. The number of halogens is 3. The molecule has 0 radical (unpaired) electrons. The lowest BCUT2D eigenvalue weighted by Gasteiger charge is -2.12. The molecule has 0 unspecified atom stereocenters. The number of nitrogens with zero attached hydrogens (tertiary/aromatic N) is 5. The first-order valence-electron chi connectivity index (χ1n) is 9.20. The Kier molecular flexibility index (Phi) is 5.03. The van der Waals surface area contributed by atoms with Gasteiger partial charge in [0.15, 0.2) is 0 Å². The second-order valence-corrected chi connectivity index (χ2v) is 6.99. The van der Waals surface area contributed by atoms with E-state index in [0.717, 1.165) is 4.68 Å². The molecule has 4 rings (SSSR count). The minimum absolute atomic E-state index is 0.125. The molecule has 0 bridgehead atoms. The Morgan fingerprint density at radius 3 is 2.39 bits per heavy atom. The molecule has 0 fully saturated rings. The van der Waals surface area contributed by atoms with Gasteiger partial charge in [-0.2, -0.15) is 23.3 Å². The molecule has 0 spiro atoms. The summed E-state index contributed by atoms with van der Waals surface area (Å²) in [5, 5.41) is 3.72. The second-order valence-electron chi connectivity index (χ2n) is 6.99. The van der Waals surface area contributed by atoms with Crippen LogP contribution in [0.1, 0.15) is 21.6 Å². The highest BCUT2D eigenvalue weighted by Crippen LogP contribution is 2.33. The summed E-state index contributed by atoms with van der Waals surface area (Å²) in [6.45, 7) is 0.684. The summed E-state index contributed by atoms with van der Waals surface area (Å²) in [4.78, 5) is 23.1. The first kappa shape index (κ1) is 20.6. The van der Waals surface area contributed by atoms with Crippen LogP contribution in [0.15, 0.2) is 30.6 Å². The van der Waals surface area contributed by atoms with Crippen molar-refractivity contribution in [3.8, 4) is 23.0 Å². The van der Waals surface area contributed by atoms with Crippen molar-refractivity contribution in [3.63, 3.8) is 0 Å². The largest absolute Gasteiger partial charge is 0.481 e. The zero-order valence-electron chi connectivity index (χ0n) is 16.9. The van der Waals surface area contributed by atoms with Gasteiger partial charge in [0.25, 0.3) is 5.91 Å². The summed E-state index contributed by atoms with van der Waals surface area (Å²) in [5.41, 5.74) is 3.22. The molecule has 0 aliphatic carbocycles. The van der Waals surface area contributed by atoms with Gasteiger partial charge in [-0.15, -0.1) is 0 Å². The van der Waals surface area contributed by atoms with Crippen molar-refractivity contribution in [3.05, 3.63) is 47.4 Å². The SMILES string of the molecule is COc1cc(-c2cc(C)c3c(n2)CN(c2cnn(CC(F)(F)F)c2)C3=O)cc(OC)n1. The number of anilines is 1. The van der Waals surface area contributed by atoms with Gasteiger partial charge < -0.3 is 9.47 Å². The predicted molar refractivity (Wildman–Crippen MR) is 104 cm³/mol. The monoisotopic (exact) mass is 433 g/mol. The normalized spacial score (nSPS) is 13.5. The van der Waals surface area contributed by atoms with Gasteiger partial charge >= 0.3 is 6.18 Å². The zero-order chi connectivity index (χ0) is 22.3. The summed E-state index contributed by atoms with van der Waals surface area (Å²) in [6, 6.07) is 5.17. The smallest absolute Gasteiger partial charge is 0.408 e. The molecule has 11 heteroatoms. The maximum atomic E-state index is 12.9. The average molecular weight is 433 g/mol. The Labute approximate surface area is 175 Å². The van der Waals surface area contributed by atoms with Gasteiger partial charge in [0, 0.05) is 23.9 Å². The molecule has 0 saturated heterocycles. The first-order chi connectivity index (χ1) is 14.7. The van der Waals surface area contributed by atoms with Crippen molar-refractivity contribution in [1.29, 1.82) is 0 Å². The number of carbonyl (C=O) groups is 1. The number of amides is 1. The summed E-state index contributed by atoms with van der Waals surface area (Å²) in [7, 11) is 2.98. The summed E-state index contributed by atoms with van der Waals surface area (Å²) >= 11 is 0. The number of ether oxygens (including phenoxy) is 2. The third kappa shape index (κ3) is 4.03. The molecule has 0 saturated carbocycles. The average Bonchev–Trinajstić information content (AvgIpc) is 3.30. The third-order valence-electron chi connectivity index (χ3n) is 4.82. The third-order valence-corrected chi connectivity index (χ3v) is 4.82. The van der Waals surface area contributed by atoms with Crippen LogP contribution in [0.2, 0.25) is 0 Å². The maximum absolute atomic E-state index is 12.9. The van der Waals surface area contributed by atoms with Crippen LogP contribution in [0.5, 0.6) is 11.8 Å². The molecule has 3 aromatic heterocycles. The highest BCUT2D eigenvalue weighted by molar-refractivity contribution is 6.10. The molecular formula is C20H18F3N5O3. The van der Waals surface area contributed by atoms with Gasteiger partial charge in [0.05, 0.1) is 49.6 Å². The van der Waals surface area contributed by atoms with Crippen LogP contribution < -0.4 is 14.4 Å². The van der Waals surface area contributed by atoms with E-state index < -0.39 is 12.7 Å². The molecule has 8 nitrogen and oxygen atoms in total. The standard InChI is InChI=1S/C20H18F3N5O3/c1-11-4-14(12-5-16(30-2)26-17(6-12)31-3)25-15-9-28(19(29)18(11)15)13-7-24-27(8-13)10-20(21,22)23/h4-8H,9-10H2,1-3H3. The van der Waals surface area contributed by atoms with E-state index >= 15 is 0 Å². The maximum Gasteiger partial charge on any atom is 0.408 e. The molecule has 1 amide bonds. The molecule has 1 aliphatic rings. The van der Waals surface area contributed by atoms with Crippen molar-refractivity contribution in [2.45, 2.75) is 26.2 Å². The number of carbonyl (C=O) groups excluding carboxylic acids is 1. The van der Waals surface area contributed by atoms with E-state index in [1.165, 1.54) is 31.5 Å².